The molecule has 1 aliphatic heterocycles. The van der Waals surface area contributed by atoms with Crippen LogP contribution < -0.4 is 5.48 Å². The number of allylic oxidation sites excluding steroid dienone is 1. The highest BCUT2D eigenvalue weighted by Crippen LogP contribution is 2.65. The van der Waals surface area contributed by atoms with Gasteiger partial charge in [-0.05, 0) is 38.1 Å². The Morgan fingerprint density at radius 2 is 0.575 bits per heavy atom. The molecule has 0 spiro atoms. The van der Waals surface area contributed by atoms with E-state index in [-0.39, 0.29) is 0 Å². The summed E-state index contributed by atoms with van der Waals surface area (Å²) in [4.78, 5) is 4.59. The Morgan fingerprint density at radius 3 is 0.753 bits per heavy atom. The molecular weight excluding hydrogens is 1180 g/mol. The zero-order chi connectivity index (χ0) is 59.4. The first kappa shape index (κ1) is 68.0. The lowest BCUT2D eigenvalue weighted by molar-refractivity contribution is -0.440. The maximum Gasteiger partial charge on any atom is 0.460 e. The van der Waals surface area contributed by atoms with Gasteiger partial charge in [-0.3, -0.25) is 10.3 Å². The second-order valence-corrected chi connectivity index (χ2v) is 20.0. The lowest BCUT2D eigenvalue weighted by Gasteiger charge is -2.43. The van der Waals surface area contributed by atoms with E-state index in [1.54, 1.807) is 5.48 Å². The molecule has 0 fully saturated rings. The van der Waals surface area contributed by atoms with Crippen molar-refractivity contribution in [2.45, 2.75) is 164 Å². The van der Waals surface area contributed by atoms with Crippen LogP contribution in [0.25, 0.3) is 0 Å². The molecule has 43 heteroatoms. The number of hydrogen-bond donors (Lipinski definition) is 1. The highest BCUT2D eigenvalue weighted by Gasteiger charge is 2.93. The zero-order valence-electron chi connectivity index (χ0n) is 34.1. The Labute approximate surface area is 377 Å². The summed E-state index contributed by atoms with van der Waals surface area (Å²) in [6, 6.07) is -10.4. The number of alkyl halides is 39. The van der Waals surface area contributed by atoms with Crippen LogP contribution in [0.5, 0.6) is 0 Å². The van der Waals surface area contributed by atoms with E-state index in [1.807, 2.05) is 0 Å². The first-order chi connectivity index (χ1) is 31.2. The molecule has 436 valence electrons. The van der Waals surface area contributed by atoms with Crippen LogP contribution in [-0.2, 0) is 9.26 Å². The fourth-order valence-corrected chi connectivity index (χ4v) is 9.79. The molecule has 0 aromatic rings. The Balaban J connectivity index is 4.42. The third-order valence-corrected chi connectivity index (χ3v) is 14.6. The van der Waals surface area contributed by atoms with Crippen molar-refractivity contribution in [3.63, 3.8) is 0 Å². The van der Waals surface area contributed by atoms with Crippen LogP contribution in [0.2, 0.25) is 18.1 Å². The molecular formula is C30H22F39NO2Si. The van der Waals surface area contributed by atoms with Crippen LogP contribution in [0.3, 0.4) is 0 Å². The summed E-state index contributed by atoms with van der Waals surface area (Å²) in [7, 11) is -7.37. The summed E-state index contributed by atoms with van der Waals surface area (Å²) in [5, 5.41) is 0. The minimum absolute atomic E-state index is 0.389. The van der Waals surface area contributed by atoms with Crippen LogP contribution in [0.4, 0.5) is 171 Å². The molecule has 3 nitrogen and oxygen atoms in total. The summed E-state index contributed by atoms with van der Waals surface area (Å²) in [5.74, 6) is -128. The van der Waals surface area contributed by atoms with Crippen molar-refractivity contribution in [1.29, 1.82) is 0 Å². The van der Waals surface area contributed by atoms with Crippen LogP contribution in [0, 0.1) is 0 Å². The molecule has 1 heterocycles. The highest BCUT2D eigenvalue weighted by molar-refractivity contribution is 6.73. The first-order valence-corrected chi connectivity index (χ1v) is 20.4. The summed E-state index contributed by atoms with van der Waals surface area (Å²) in [6.07, 6.45) is -36.5. The van der Waals surface area contributed by atoms with Crippen LogP contribution in [0.15, 0.2) is 11.8 Å². The van der Waals surface area contributed by atoms with Crippen molar-refractivity contribution >= 4 is 8.32 Å². The van der Waals surface area contributed by atoms with Gasteiger partial charge in [0, 0.05) is 25.0 Å². The molecule has 1 N–H and O–H groups in total. The molecule has 0 bridgehead atoms. The Kier molecular flexibility index (Phi) is 17.3. The van der Waals surface area contributed by atoms with Gasteiger partial charge in [-0.2, -0.15) is 171 Å². The van der Waals surface area contributed by atoms with Crippen molar-refractivity contribution in [1.82, 2.24) is 5.48 Å². The average molecular weight is 1200 g/mol. The minimum Gasteiger partial charge on any atom is -0.413 e. The predicted octanol–water partition coefficient (Wildman–Crippen LogP) is 15.5. The highest BCUT2D eigenvalue weighted by atomic mass is 28.4. The van der Waals surface area contributed by atoms with Crippen molar-refractivity contribution in [2.24, 2.45) is 0 Å². The van der Waals surface area contributed by atoms with E-state index in [9.17, 15) is 145 Å². The molecule has 1 rings (SSSR count). The SMILES string of the molecule is CC1=CC(C)(CO[Si](CCC(F)(F)C(F)(F)C(F)(F)C(F)(F)C(F)(F)C(F)(F)F)(CCC(F)(F)C(F)(F)C(F)(F)C(F)(F)C(F)(F)C(F)(F)F)CCC(F)(F)C(F)(F)C(F)(F)C(F)(F)C(F)(F)C(F)(F)F)ON1. The molecule has 1 aliphatic rings. The second kappa shape index (κ2) is 18.6. The molecule has 0 aliphatic carbocycles. The molecule has 0 aromatic carbocycles. The molecule has 0 saturated carbocycles. The summed E-state index contributed by atoms with van der Waals surface area (Å²) in [6.45, 7) is -1.02. The monoisotopic (exact) mass is 1200 g/mol. The van der Waals surface area contributed by atoms with E-state index in [0.717, 1.165) is 6.92 Å². The Hall–Kier alpha value is -3.05. The van der Waals surface area contributed by atoms with Gasteiger partial charge in [0.2, 0.25) is 0 Å². The predicted molar refractivity (Wildman–Crippen MR) is 159 cm³/mol. The van der Waals surface area contributed by atoms with Crippen molar-refractivity contribution in [2.75, 3.05) is 6.61 Å². The first-order valence-electron chi connectivity index (χ1n) is 17.8. The fourth-order valence-electron chi connectivity index (χ4n) is 5.70. The molecule has 1 atom stereocenters. The van der Waals surface area contributed by atoms with Gasteiger partial charge in [-0.25, -0.2) is 0 Å². The minimum atomic E-state index is -8.92. The van der Waals surface area contributed by atoms with Crippen molar-refractivity contribution in [3.05, 3.63) is 11.8 Å². The standard InChI is InChI=1S/C30H22F39NO2Si/c1-11-9-12(2,72-70-11)10-71-73(6-3-13(31,32)16(37,38)19(43,44)22(49,50)25(55,56)28(61,62)63,7-4-14(33,34)17(39,40)20(45,46)23(51,52)26(57,58)29(64,65)66)8-5-15(35,36)18(41,42)21(47,48)24(53,54)27(59,60)30(67,68)69/h9,70H,3-8,10H2,1-2H3. The van der Waals surface area contributed by atoms with Gasteiger partial charge in [0.15, 0.2) is 8.32 Å². The van der Waals surface area contributed by atoms with E-state index < -0.39 is 171 Å². The number of hydrogen-bond acceptors (Lipinski definition) is 3. The van der Waals surface area contributed by atoms with Gasteiger partial charge in [0.1, 0.15) is 5.60 Å². The maximum atomic E-state index is 15.0. The number of rotatable bonds is 24. The quantitative estimate of drug-likeness (QED) is 0.0772. The molecule has 0 amide bonds. The number of halogens is 39. The van der Waals surface area contributed by atoms with Gasteiger partial charge in [-0.1, -0.05) is 0 Å². The van der Waals surface area contributed by atoms with Crippen molar-refractivity contribution in [3.8, 4) is 0 Å². The fraction of sp³-hybridized carbons (Fsp3) is 0.933. The van der Waals surface area contributed by atoms with Gasteiger partial charge in [0.25, 0.3) is 0 Å². The van der Waals surface area contributed by atoms with E-state index in [1.165, 1.54) is 0 Å². The van der Waals surface area contributed by atoms with Crippen LogP contribution in [0.1, 0.15) is 33.1 Å². The van der Waals surface area contributed by atoms with Gasteiger partial charge in [-0.15, -0.1) is 0 Å². The average Bonchev–Trinajstić information content (AvgIpc) is 3.52. The second-order valence-electron chi connectivity index (χ2n) is 15.8. The molecule has 0 aromatic heterocycles. The third-order valence-electron chi connectivity index (χ3n) is 10.3. The van der Waals surface area contributed by atoms with E-state index >= 15 is 26.3 Å². The summed E-state index contributed by atoms with van der Waals surface area (Å²) < 4.78 is 545. The topological polar surface area (TPSA) is 30.5 Å². The zero-order valence-corrected chi connectivity index (χ0v) is 35.1. The largest absolute Gasteiger partial charge is 0.460 e. The molecule has 1 unspecified atom stereocenters. The number of hydroxylamine groups is 1. The summed E-state index contributed by atoms with van der Waals surface area (Å²) in [5.41, 5.74) is -1.55. The normalized spacial score (nSPS) is 19.4. The van der Waals surface area contributed by atoms with Crippen molar-refractivity contribution < 1.29 is 180 Å². The lowest BCUT2D eigenvalue weighted by atomic mass is 9.93. The molecule has 0 saturated heterocycles. The van der Waals surface area contributed by atoms with Crippen LogP contribution in [-0.4, -0.2) is 128 Å². The Morgan fingerprint density at radius 1 is 0.370 bits per heavy atom. The smallest absolute Gasteiger partial charge is 0.413 e. The number of nitrogens with one attached hydrogen (secondary N) is 1. The van der Waals surface area contributed by atoms with Gasteiger partial charge in [0.05, 0.1) is 6.61 Å². The summed E-state index contributed by atoms with van der Waals surface area (Å²) >= 11 is 0. The third kappa shape index (κ3) is 10.6. The van der Waals surface area contributed by atoms with E-state index in [4.69, 9.17) is 0 Å². The van der Waals surface area contributed by atoms with Gasteiger partial charge >= 0.3 is 107 Å². The van der Waals surface area contributed by atoms with E-state index in [0.29, 0.717) is 13.0 Å². The molecule has 0 radical (unpaired) electrons. The Bertz CT molecular complexity index is 1770. The molecule has 73 heavy (non-hydrogen) atoms. The maximum absolute atomic E-state index is 15.0. The lowest BCUT2D eigenvalue weighted by Crippen LogP contribution is -2.70. The van der Waals surface area contributed by atoms with Gasteiger partial charge < -0.3 is 4.43 Å². The van der Waals surface area contributed by atoms with Crippen LogP contribution >= 0.6 is 0 Å². The van der Waals surface area contributed by atoms with E-state index in [2.05, 4.69) is 9.26 Å².